The molecule has 0 saturated heterocycles. The summed E-state index contributed by atoms with van der Waals surface area (Å²) in [5.41, 5.74) is 7.51. The van der Waals surface area contributed by atoms with Crippen LogP contribution >= 0.6 is 22.7 Å². The molecule has 4 aromatic rings. The summed E-state index contributed by atoms with van der Waals surface area (Å²) < 4.78 is 1.23. The van der Waals surface area contributed by atoms with Gasteiger partial charge < -0.3 is 5.32 Å². The predicted molar refractivity (Wildman–Crippen MR) is 120 cm³/mol. The molecule has 1 aliphatic rings. The van der Waals surface area contributed by atoms with Crippen LogP contribution in [0.5, 0.6) is 0 Å². The number of thiazole rings is 1. The number of rotatable bonds is 4. The lowest BCUT2D eigenvalue weighted by molar-refractivity contribution is -0.114. The Bertz CT molecular complexity index is 1220. The van der Waals surface area contributed by atoms with Gasteiger partial charge in [0, 0.05) is 38.7 Å². The minimum Gasteiger partial charge on any atom is -0.301 e. The van der Waals surface area contributed by atoms with Crippen LogP contribution in [0.25, 0.3) is 20.9 Å². The van der Waals surface area contributed by atoms with E-state index in [1.165, 1.54) is 34.1 Å². The number of benzene rings is 1. The zero-order valence-corrected chi connectivity index (χ0v) is 18.1. The Morgan fingerprint density at radius 2 is 2.07 bits per heavy atom. The molecule has 7 nitrogen and oxygen atoms in total. The molecule has 0 unspecified atom stereocenters. The van der Waals surface area contributed by atoms with Crippen molar-refractivity contribution in [2.45, 2.75) is 26.3 Å². The lowest BCUT2D eigenvalue weighted by atomic mass is 10.1. The Labute approximate surface area is 181 Å². The smallest absolute Gasteiger partial charge is 0.223 e. The first-order valence-electron chi connectivity index (χ1n) is 9.79. The van der Waals surface area contributed by atoms with E-state index >= 15 is 0 Å². The van der Waals surface area contributed by atoms with Crippen molar-refractivity contribution < 1.29 is 4.79 Å². The van der Waals surface area contributed by atoms with Crippen molar-refractivity contribution in [3.8, 4) is 10.7 Å². The molecule has 0 spiro atoms. The van der Waals surface area contributed by atoms with E-state index in [0.717, 1.165) is 54.4 Å². The summed E-state index contributed by atoms with van der Waals surface area (Å²) in [6.45, 7) is 4.35. The Kier molecular flexibility index (Phi) is 5.24. The van der Waals surface area contributed by atoms with E-state index in [2.05, 4.69) is 49.7 Å². The third-order valence-electron chi connectivity index (χ3n) is 5.16. The highest BCUT2D eigenvalue weighted by atomic mass is 32.1. The van der Waals surface area contributed by atoms with Gasteiger partial charge in [-0.05, 0) is 35.7 Å². The summed E-state index contributed by atoms with van der Waals surface area (Å²) in [6, 6.07) is 10.7. The Balaban J connectivity index is 1.30. The minimum atomic E-state index is -0.151. The van der Waals surface area contributed by atoms with Gasteiger partial charge >= 0.3 is 0 Å². The molecule has 1 N–H and O–H groups in total. The van der Waals surface area contributed by atoms with Crippen LogP contribution < -0.4 is 5.32 Å². The van der Waals surface area contributed by atoms with Gasteiger partial charge in [0.15, 0.2) is 5.01 Å². The number of nitrogens with zero attached hydrogens (tertiary/aromatic N) is 5. The standard InChI is InChI=1S/C21H20N6OS2/c1-13(28)23-21-26-25-20(30-21)17-4-3-15-6-8-27(9-7-16(15)24-17)11-14-2-5-19-18(10-14)22-12-29-19/h2-5,10,12H,6-9,11H2,1H3,(H,23,26,28). The molecule has 9 heteroatoms. The van der Waals surface area contributed by atoms with Crippen LogP contribution in [0, 0.1) is 0 Å². The predicted octanol–water partition coefficient (Wildman–Crippen LogP) is 3.77. The molecule has 0 saturated carbocycles. The van der Waals surface area contributed by atoms with Crippen LogP contribution in [0.15, 0.2) is 35.8 Å². The van der Waals surface area contributed by atoms with Gasteiger partial charge in [0.25, 0.3) is 0 Å². The summed E-state index contributed by atoms with van der Waals surface area (Å²) in [7, 11) is 0. The Hall–Kier alpha value is -2.75. The number of carbonyl (C=O) groups is 1. The fraction of sp³-hybridized carbons (Fsp3) is 0.286. The summed E-state index contributed by atoms with van der Waals surface area (Å²) in [5, 5.41) is 12.1. The van der Waals surface area contributed by atoms with E-state index in [-0.39, 0.29) is 5.91 Å². The quantitative estimate of drug-likeness (QED) is 0.524. The zero-order valence-electron chi connectivity index (χ0n) is 16.5. The third-order valence-corrected chi connectivity index (χ3v) is 6.83. The van der Waals surface area contributed by atoms with Crippen molar-refractivity contribution >= 4 is 43.9 Å². The minimum absolute atomic E-state index is 0.151. The second-order valence-electron chi connectivity index (χ2n) is 7.33. The molecule has 0 radical (unpaired) electrons. The number of amides is 1. The van der Waals surface area contributed by atoms with Crippen molar-refractivity contribution in [2.75, 3.05) is 18.4 Å². The number of anilines is 1. The average molecular weight is 437 g/mol. The Morgan fingerprint density at radius 1 is 1.17 bits per heavy atom. The van der Waals surface area contributed by atoms with Crippen molar-refractivity contribution in [1.82, 2.24) is 25.1 Å². The number of pyridine rings is 1. The first kappa shape index (κ1) is 19.2. The number of aromatic nitrogens is 4. The van der Waals surface area contributed by atoms with Gasteiger partial charge in [-0.25, -0.2) is 9.97 Å². The fourth-order valence-corrected chi connectivity index (χ4v) is 5.11. The average Bonchev–Trinajstić information content (AvgIpc) is 3.34. The summed E-state index contributed by atoms with van der Waals surface area (Å²) in [6.07, 6.45) is 1.88. The van der Waals surface area contributed by atoms with Crippen LogP contribution in [-0.2, 0) is 24.2 Å². The van der Waals surface area contributed by atoms with Crippen molar-refractivity contribution in [1.29, 1.82) is 0 Å². The number of hydrogen-bond donors (Lipinski definition) is 1. The van der Waals surface area contributed by atoms with E-state index in [4.69, 9.17) is 4.98 Å². The molecule has 30 heavy (non-hydrogen) atoms. The van der Waals surface area contributed by atoms with Crippen LogP contribution in [0.1, 0.15) is 23.7 Å². The van der Waals surface area contributed by atoms with Crippen molar-refractivity contribution in [3.05, 3.63) is 52.7 Å². The lowest BCUT2D eigenvalue weighted by Gasteiger charge is -2.19. The van der Waals surface area contributed by atoms with Gasteiger partial charge in [-0.2, -0.15) is 0 Å². The van der Waals surface area contributed by atoms with E-state index in [1.807, 2.05) is 11.6 Å². The molecule has 1 amide bonds. The van der Waals surface area contributed by atoms with Crippen molar-refractivity contribution in [2.24, 2.45) is 0 Å². The van der Waals surface area contributed by atoms with Gasteiger partial charge in [0.05, 0.1) is 15.7 Å². The monoisotopic (exact) mass is 436 g/mol. The largest absolute Gasteiger partial charge is 0.301 e. The maximum absolute atomic E-state index is 11.2. The van der Waals surface area contributed by atoms with Crippen LogP contribution in [0.4, 0.5) is 5.13 Å². The van der Waals surface area contributed by atoms with E-state index in [1.54, 1.807) is 11.3 Å². The molecule has 0 bridgehead atoms. The third kappa shape index (κ3) is 4.09. The first-order valence-corrected chi connectivity index (χ1v) is 11.5. The Morgan fingerprint density at radius 3 is 2.97 bits per heavy atom. The molecular weight excluding hydrogens is 416 g/mol. The molecule has 152 valence electrons. The highest BCUT2D eigenvalue weighted by molar-refractivity contribution is 7.18. The normalized spacial score (nSPS) is 14.4. The molecule has 0 fully saturated rings. The number of carbonyl (C=O) groups excluding carboxylic acids is 1. The fourth-order valence-electron chi connectivity index (χ4n) is 3.69. The van der Waals surface area contributed by atoms with Gasteiger partial charge in [0.2, 0.25) is 11.0 Å². The van der Waals surface area contributed by atoms with Crippen molar-refractivity contribution in [3.63, 3.8) is 0 Å². The molecule has 1 aromatic carbocycles. The zero-order chi connectivity index (χ0) is 20.5. The maximum atomic E-state index is 11.2. The van der Waals surface area contributed by atoms with Crippen LogP contribution in [0.2, 0.25) is 0 Å². The number of fused-ring (bicyclic) bond motifs is 2. The first-order chi connectivity index (χ1) is 14.6. The molecule has 4 heterocycles. The second kappa shape index (κ2) is 8.17. The van der Waals surface area contributed by atoms with E-state index in [0.29, 0.717) is 5.13 Å². The molecule has 1 aliphatic heterocycles. The van der Waals surface area contributed by atoms with Gasteiger partial charge in [-0.1, -0.05) is 23.5 Å². The van der Waals surface area contributed by atoms with Gasteiger partial charge in [-0.15, -0.1) is 21.5 Å². The molecule has 5 rings (SSSR count). The highest BCUT2D eigenvalue weighted by Gasteiger charge is 2.18. The van der Waals surface area contributed by atoms with Gasteiger partial charge in [0.1, 0.15) is 5.69 Å². The highest BCUT2D eigenvalue weighted by Crippen LogP contribution is 2.27. The summed E-state index contributed by atoms with van der Waals surface area (Å²) >= 11 is 3.02. The summed E-state index contributed by atoms with van der Waals surface area (Å²) in [4.78, 5) is 23.0. The molecular formula is C21H20N6OS2. The molecule has 3 aromatic heterocycles. The molecule has 0 atom stereocenters. The van der Waals surface area contributed by atoms with E-state index < -0.39 is 0 Å². The van der Waals surface area contributed by atoms with Crippen LogP contribution in [0.3, 0.4) is 0 Å². The molecule has 0 aliphatic carbocycles. The topological polar surface area (TPSA) is 83.9 Å². The number of hydrogen-bond acceptors (Lipinski definition) is 8. The summed E-state index contributed by atoms with van der Waals surface area (Å²) in [5.74, 6) is -0.151. The number of nitrogens with one attached hydrogen (secondary N) is 1. The second-order valence-corrected chi connectivity index (χ2v) is 9.19. The maximum Gasteiger partial charge on any atom is 0.223 e. The SMILES string of the molecule is CC(=O)Nc1nnc(-c2ccc3c(n2)CCN(Cc2ccc4scnc4c2)CC3)s1. The van der Waals surface area contributed by atoms with Gasteiger partial charge in [-0.3, -0.25) is 9.69 Å². The van der Waals surface area contributed by atoms with Crippen LogP contribution in [-0.4, -0.2) is 44.1 Å². The lowest BCUT2D eigenvalue weighted by Crippen LogP contribution is -2.25. The van der Waals surface area contributed by atoms with E-state index in [9.17, 15) is 4.79 Å².